The van der Waals surface area contributed by atoms with Gasteiger partial charge in [-0.25, -0.2) is 9.18 Å². The van der Waals surface area contributed by atoms with Crippen LogP contribution in [0.15, 0.2) is 36.4 Å². The summed E-state index contributed by atoms with van der Waals surface area (Å²) in [5, 5.41) is 4.06. The van der Waals surface area contributed by atoms with E-state index in [9.17, 15) is 9.18 Å². The van der Waals surface area contributed by atoms with Gasteiger partial charge in [0.15, 0.2) is 0 Å². The Morgan fingerprint density at radius 3 is 2.45 bits per heavy atom. The lowest BCUT2D eigenvalue weighted by Crippen LogP contribution is -2.39. The quantitative estimate of drug-likeness (QED) is 0.551. The molecule has 0 radical (unpaired) electrons. The highest BCUT2D eigenvalue weighted by molar-refractivity contribution is 5.92. The van der Waals surface area contributed by atoms with Gasteiger partial charge in [-0.1, -0.05) is 45.9 Å². The van der Waals surface area contributed by atoms with Gasteiger partial charge in [0.25, 0.3) is 0 Å². The minimum Gasteiger partial charge on any atom is -0.358 e. The minimum absolute atomic E-state index is 0.101. The van der Waals surface area contributed by atoms with E-state index in [0.717, 1.165) is 45.4 Å². The van der Waals surface area contributed by atoms with E-state index in [-0.39, 0.29) is 11.8 Å². The third-order valence-electron chi connectivity index (χ3n) is 5.83. The Hall–Kier alpha value is -2.82. The van der Waals surface area contributed by atoms with Crippen LogP contribution in [0, 0.1) is 5.82 Å². The molecule has 0 spiro atoms. The van der Waals surface area contributed by atoms with Gasteiger partial charge >= 0.3 is 6.03 Å². The number of hydrogen-bond donors (Lipinski definition) is 2. The highest BCUT2D eigenvalue weighted by Gasteiger charge is 2.26. The van der Waals surface area contributed by atoms with Gasteiger partial charge in [-0.05, 0) is 41.2 Å². The molecule has 3 aromatic rings. The van der Waals surface area contributed by atoms with E-state index >= 15 is 0 Å². The molecule has 29 heavy (non-hydrogen) atoms. The number of aromatic nitrogens is 1. The molecule has 2 amide bonds. The van der Waals surface area contributed by atoms with E-state index in [0.29, 0.717) is 24.9 Å². The van der Waals surface area contributed by atoms with Crippen LogP contribution in [-0.2, 0) is 13.0 Å². The third kappa shape index (κ3) is 3.61. The number of hydrogen-bond acceptors (Lipinski definition) is 1. The number of halogens is 1. The van der Waals surface area contributed by atoms with Crippen molar-refractivity contribution in [2.24, 2.45) is 0 Å². The molecule has 0 atom stereocenters. The number of urea groups is 1. The SMILES string of the molecule is CC(C)c1cccc(C(C)C)c1NC(=O)N1CCc2[nH]c3ccc(F)cc3c2C1. The second-order valence-electron chi connectivity index (χ2n) is 8.49. The molecule has 4 nitrogen and oxygen atoms in total. The van der Waals surface area contributed by atoms with Crippen molar-refractivity contribution in [1.29, 1.82) is 0 Å². The van der Waals surface area contributed by atoms with E-state index in [2.05, 4.69) is 56.2 Å². The fourth-order valence-corrected chi connectivity index (χ4v) is 4.24. The predicted molar refractivity (Wildman–Crippen MR) is 116 cm³/mol. The van der Waals surface area contributed by atoms with Crippen LogP contribution in [0.3, 0.4) is 0 Å². The number of fused-ring (bicyclic) bond motifs is 3. The first-order valence-electron chi connectivity index (χ1n) is 10.3. The highest BCUT2D eigenvalue weighted by Crippen LogP contribution is 2.33. The van der Waals surface area contributed by atoms with Crippen molar-refractivity contribution in [3.05, 3.63) is 64.6 Å². The van der Waals surface area contributed by atoms with Crippen molar-refractivity contribution in [3.8, 4) is 0 Å². The molecule has 5 heteroatoms. The summed E-state index contributed by atoms with van der Waals surface area (Å²) in [5.41, 5.74) is 6.26. The number of anilines is 1. The van der Waals surface area contributed by atoms with Gasteiger partial charge in [-0.2, -0.15) is 0 Å². The summed E-state index contributed by atoms with van der Waals surface area (Å²) in [7, 11) is 0. The van der Waals surface area contributed by atoms with E-state index in [1.54, 1.807) is 12.1 Å². The van der Waals surface area contributed by atoms with Crippen molar-refractivity contribution in [2.75, 3.05) is 11.9 Å². The van der Waals surface area contributed by atoms with Gasteiger partial charge < -0.3 is 15.2 Å². The standard InChI is InChI=1S/C24H28FN3O/c1-14(2)17-6-5-7-18(15(3)4)23(17)27-24(29)28-11-10-22-20(13-28)19-12-16(25)8-9-21(19)26-22/h5-9,12,14-15,26H,10-11,13H2,1-4H3,(H,27,29). The zero-order valence-electron chi connectivity index (χ0n) is 17.5. The Morgan fingerprint density at radius 1 is 1.10 bits per heavy atom. The molecule has 1 aliphatic rings. The summed E-state index contributed by atoms with van der Waals surface area (Å²) in [6, 6.07) is 10.9. The van der Waals surface area contributed by atoms with E-state index in [1.807, 2.05) is 4.90 Å². The summed E-state index contributed by atoms with van der Waals surface area (Å²) in [5.74, 6) is 0.371. The molecule has 1 aliphatic heterocycles. The number of H-pyrrole nitrogens is 1. The Balaban J connectivity index is 1.63. The predicted octanol–water partition coefficient (Wildman–Crippen LogP) is 6.14. The summed E-state index contributed by atoms with van der Waals surface area (Å²) in [6.07, 6.45) is 0.738. The molecule has 152 valence electrons. The molecular formula is C24H28FN3O. The first-order valence-corrected chi connectivity index (χ1v) is 10.3. The molecule has 0 fully saturated rings. The minimum atomic E-state index is -0.256. The van der Waals surface area contributed by atoms with Gasteiger partial charge in [-0.15, -0.1) is 0 Å². The van der Waals surface area contributed by atoms with Gasteiger partial charge in [0, 0.05) is 47.4 Å². The Kier molecular flexibility index (Phi) is 5.07. The van der Waals surface area contributed by atoms with Crippen molar-refractivity contribution in [1.82, 2.24) is 9.88 Å². The van der Waals surface area contributed by atoms with Crippen molar-refractivity contribution in [3.63, 3.8) is 0 Å². The van der Waals surface area contributed by atoms with Gasteiger partial charge in [0.1, 0.15) is 5.82 Å². The molecule has 1 aromatic heterocycles. The summed E-state index contributed by atoms with van der Waals surface area (Å²) in [6.45, 7) is 9.68. The number of benzene rings is 2. The molecule has 2 N–H and O–H groups in total. The van der Waals surface area contributed by atoms with Crippen molar-refractivity contribution in [2.45, 2.75) is 52.5 Å². The lowest BCUT2D eigenvalue weighted by Gasteiger charge is -2.29. The lowest BCUT2D eigenvalue weighted by atomic mass is 9.92. The van der Waals surface area contributed by atoms with E-state index < -0.39 is 0 Å². The number of nitrogens with zero attached hydrogens (tertiary/aromatic N) is 1. The maximum Gasteiger partial charge on any atom is 0.322 e. The molecule has 0 saturated heterocycles. The van der Waals surface area contributed by atoms with Crippen LogP contribution in [0.25, 0.3) is 10.9 Å². The zero-order chi connectivity index (χ0) is 20.7. The summed E-state index contributed by atoms with van der Waals surface area (Å²) >= 11 is 0. The maximum atomic E-state index is 13.8. The highest BCUT2D eigenvalue weighted by atomic mass is 19.1. The lowest BCUT2D eigenvalue weighted by molar-refractivity contribution is 0.206. The van der Waals surface area contributed by atoms with E-state index in [4.69, 9.17) is 0 Å². The van der Waals surface area contributed by atoms with Gasteiger partial charge in [0.2, 0.25) is 0 Å². The first-order chi connectivity index (χ1) is 13.8. The molecule has 0 bridgehead atoms. The van der Waals surface area contributed by atoms with Crippen LogP contribution in [-0.4, -0.2) is 22.5 Å². The number of carbonyl (C=O) groups is 1. The summed E-state index contributed by atoms with van der Waals surface area (Å²) in [4.78, 5) is 18.4. The van der Waals surface area contributed by atoms with Crippen molar-refractivity contribution >= 4 is 22.6 Å². The Bertz CT molecular complexity index is 1040. The average molecular weight is 394 g/mol. The summed E-state index contributed by atoms with van der Waals surface area (Å²) < 4.78 is 13.8. The Morgan fingerprint density at radius 2 is 1.79 bits per heavy atom. The van der Waals surface area contributed by atoms with Crippen LogP contribution >= 0.6 is 0 Å². The van der Waals surface area contributed by atoms with Crippen LogP contribution in [0.2, 0.25) is 0 Å². The number of aromatic amines is 1. The third-order valence-corrected chi connectivity index (χ3v) is 5.83. The number of rotatable bonds is 3. The molecule has 4 rings (SSSR count). The van der Waals surface area contributed by atoms with E-state index in [1.165, 1.54) is 6.07 Å². The monoisotopic (exact) mass is 393 g/mol. The molecule has 0 aliphatic carbocycles. The number of para-hydroxylation sites is 1. The van der Waals surface area contributed by atoms with Gasteiger partial charge in [0.05, 0.1) is 0 Å². The van der Waals surface area contributed by atoms with Crippen molar-refractivity contribution < 1.29 is 9.18 Å². The molecule has 2 heterocycles. The fraction of sp³-hybridized carbons (Fsp3) is 0.375. The molecule has 0 saturated carbocycles. The maximum absolute atomic E-state index is 13.8. The number of carbonyl (C=O) groups excluding carboxylic acids is 1. The van der Waals surface area contributed by atoms with Gasteiger partial charge in [-0.3, -0.25) is 0 Å². The molecular weight excluding hydrogens is 365 g/mol. The molecule has 0 unspecified atom stereocenters. The zero-order valence-corrected chi connectivity index (χ0v) is 17.5. The number of nitrogens with one attached hydrogen (secondary N) is 2. The van der Waals surface area contributed by atoms with Crippen LogP contribution in [0.5, 0.6) is 0 Å². The largest absolute Gasteiger partial charge is 0.358 e. The molecule has 2 aromatic carbocycles. The smallest absolute Gasteiger partial charge is 0.322 e. The van der Waals surface area contributed by atoms with Crippen LogP contribution < -0.4 is 5.32 Å². The second kappa shape index (κ2) is 7.54. The first kappa shape index (κ1) is 19.5. The second-order valence-corrected chi connectivity index (χ2v) is 8.49. The topological polar surface area (TPSA) is 48.1 Å². The van der Waals surface area contributed by atoms with Crippen LogP contribution in [0.4, 0.5) is 14.9 Å². The number of amides is 2. The van der Waals surface area contributed by atoms with Crippen LogP contribution in [0.1, 0.15) is 61.9 Å². The average Bonchev–Trinajstić information content (AvgIpc) is 3.04. The normalized spacial score (nSPS) is 14.0. The fourth-order valence-electron chi connectivity index (χ4n) is 4.24. The Labute approximate surface area is 171 Å².